The molecule has 2 N–H and O–H groups in total. The first-order valence-corrected chi connectivity index (χ1v) is 14.9. The second-order valence-corrected chi connectivity index (χ2v) is 13.7. The number of sulfonamides is 1. The predicted octanol–water partition coefficient (Wildman–Crippen LogP) is 3.51. The van der Waals surface area contributed by atoms with Crippen LogP contribution in [-0.4, -0.2) is 57.8 Å². The van der Waals surface area contributed by atoms with Crippen molar-refractivity contribution in [2.45, 2.75) is 88.6 Å². The van der Waals surface area contributed by atoms with Crippen LogP contribution in [0.5, 0.6) is 0 Å². The maximum atomic E-state index is 13.1. The molecular weight excluding hydrogens is 548 g/mol. The number of pyridine rings is 1. The van der Waals surface area contributed by atoms with Gasteiger partial charge in [-0.3, -0.25) is 9.48 Å². The van der Waals surface area contributed by atoms with Gasteiger partial charge in [-0.2, -0.15) is 14.7 Å². The van der Waals surface area contributed by atoms with Crippen molar-refractivity contribution in [1.82, 2.24) is 19.1 Å². The topological polar surface area (TPSA) is 159 Å². The van der Waals surface area contributed by atoms with Crippen molar-refractivity contribution in [3.05, 3.63) is 46.4 Å². The minimum atomic E-state index is -3.62. The third-order valence-electron chi connectivity index (χ3n) is 7.45. The van der Waals surface area contributed by atoms with Crippen molar-refractivity contribution in [2.24, 2.45) is 0 Å². The molecule has 0 radical (unpaired) electrons. The summed E-state index contributed by atoms with van der Waals surface area (Å²) in [6, 6.07) is 8.88. The van der Waals surface area contributed by atoms with E-state index in [2.05, 4.69) is 16.4 Å². The highest BCUT2D eigenvalue weighted by atomic mass is 32.2. The monoisotopic (exact) mass is 582 g/mol. The van der Waals surface area contributed by atoms with Crippen LogP contribution in [0.25, 0.3) is 10.9 Å². The molecule has 41 heavy (non-hydrogen) atoms. The van der Waals surface area contributed by atoms with Gasteiger partial charge in [-0.15, -0.1) is 0 Å². The maximum absolute atomic E-state index is 13.1. The van der Waals surface area contributed by atoms with E-state index in [0.29, 0.717) is 29.6 Å². The number of nitrogens with zero attached hydrogens (tertiary/aromatic N) is 4. The molecule has 0 saturated carbocycles. The first-order valence-electron chi connectivity index (χ1n) is 13.5. The number of carbonyl (C=O) groups is 1. The number of hydrogen-bond donors (Lipinski definition) is 2. The molecule has 13 heteroatoms. The van der Waals surface area contributed by atoms with Gasteiger partial charge in [-0.1, -0.05) is 0 Å². The van der Waals surface area contributed by atoms with Gasteiger partial charge in [-0.05, 0) is 77.3 Å². The Kier molecular flexibility index (Phi) is 7.21. The van der Waals surface area contributed by atoms with Gasteiger partial charge in [-0.25, -0.2) is 13.2 Å². The van der Waals surface area contributed by atoms with Crippen LogP contribution in [0.2, 0.25) is 0 Å². The smallest absolute Gasteiger partial charge is 0.335 e. The number of rotatable bonds is 6. The number of benzene rings is 1. The third kappa shape index (κ3) is 5.11. The quantitative estimate of drug-likeness (QED) is 0.415. The Morgan fingerprint density at radius 2 is 2.10 bits per heavy atom. The first-order chi connectivity index (χ1) is 19.3. The number of fused-ring (bicyclic) bond motifs is 2. The molecule has 12 nitrogen and oxygen atoms in total. The van der Waals surface area contributed by atoms with Crippen molar-refractivity contribution in [3.8, 4) is 6.07 Å². The summed E-state index contributed by atoms with van der Waals surface area (Å²) in [7, 11) is -3.62. The van der Waals surface area contributed by atoms with Gasteiger partial charge < -0.3 is 19.8 Å². The molecule has 2 aliphatic heterocycles. The number of esters is 1. The van der Waals surface area contributed by atoms with E-state index in [1.807, 2.05) is 20.8 Å². The largest absolute Gasteiger partial charge is 0.461 e. The van der Waals surface area contributed by atoms with E-state index >= 15 is 0 Å². The normalized spacial score (nSPS) is 22.4. The van der Waals surface area contributed by atoms with E-state index in [9.17, 15) is 23.3 Å². The molecule has 0 bridgehead atoms. The van der Waals surface area contributed by atoms with Crippen molar-refractivity contribution < 1.29 is 22.7 Å². The molecule has 0 spiro atoms. The van der Waals surface area contributed by atoms with Crippen LogP contribution in [0.3, 0.4) is 0 Å². The lowest BCUT2D eigenvalue weighted by molar-refractivity contribution is -0.169. The van der Waals surface area contributed by atoms with E-state index in [0.717, 1.165) is 0 Å². The summed E-state index contributed by atoms with van der Waals surface area (Å²) in [5, 5.41) is 18.0. The third-order valence-corrected chi connectivity index (χ3v) is 9.67. The second-order valence-electron chi connectivity index (χ2n) is 11.8. The van der Waals surface area contributed by atoms with Gasteiger partial charge in [0.05, 0.1) is 41.2 Å². The number of carbonyl (C=O) groups excluding carboxylic acids is 1. The summed E-state index contributed by atoms with van der Waals surface area (Å²) >= 11 is 0. The molecule has 0 unspecified atom stereocenters. The zero-order valence-electron chi connectivity index (χ0n) is 23.7. The lowest BCUT2D eigenvalue weighted by Gasteiger charge is -2.38. The van der Waals surface area contributed by atoms with Gasteiger partial charge in [0.25, 0.3) is 5.56 Å². The number of nitrogens with one attached hydrogen (secondary N) is 2. The molecule has 1 aromatic carbocycles. The molecule has 2 aromatic heterocycles. The molecule has 1 fully saturated rings. The van der Waals surface area contributed by atoms with Crippen LogP contribution < -0.4 is 10.9 Å². The Balaban J connectivity index is 1.51. The minimum Gasteiger partial charge on any atom is -0.461 e. The summed E-state index contributed by atoms with van der Waals surface area (Å²) in [6.45, 7) is 9.34. The fraction of sp³-hybridized carbons (Fsp3) is 0.500. The molecule has 3 aromatic rings. The molecule has 218 valence electrons. The number of ether oxygens (including phenoxy) is 2. The maximum Gasteiger partial charge on any atom is 0.335 e. The lowest BCUT2D eigenvalue weighted by Crippen LogP contribution is -2.47. The van der Waals surface area contributed by atoms with Crippen LogP contribution in [0, 0.1) is 11.3 Å². The average Bonchev–Trinajstić information content (AvgIpc) is 3.39. The van der Waals surface area contributed by atoms with Crippen LogP contribution in [-0.2, 0) is 36.4 Å². The molecule has 4 heterocycles. The zero-order valence-corrected chi connectivity index (χ0v) is 24.5. The number of nitriles is 1. The second kappa shape index (κ2) is 10.3. The molecule has 0 aliphatic carbocycles. The van der Waals surface area contributed by atoms with Gasteiger partial charge in [0.2, 0.25) is 10.0 Å². The highest BCUT2D eigenvalue weighted by molar-refractivity contribution is 7.89. The fourth-order valence-electron chi connectivity index (χ4n) is 5.49. The van der Waals surface area contributed by atoms with E-state index in [1.54, 1.807) is 42.8 Å². The molecule has 1 saturated heterocycles. The number of H-pyrrole nitrogens is 1. The zero-order chi connectivity index (χ0) is 29.7. The molecule has 2 atom stereocenters. The Morgan fingerprint density at radius 3 is 2.73 bits per heavy atom. The van der Waals surface area contributed by atoms with Gasteiger partial charge >= 0.3 is 5.97 Å². The summed E-state index contributed by atoms with van der Waals surface area (Å²) < 4.78 is 40.5. The van der Waals surface area contributed by atoms with Crippen LogP contribution >= 0.6 is 0 Å². The van der Waals surface area contributed by atoms with Crippen molar-refractivity contribution in [1.29, 1.82) is 5.26 Å². The van der Waals surface area contributed by atoms with Crippen LogP contribution in [0.15, 0.2) is 40.2 Å². The number of anilines is 2. The Bertz CT molecular complexity index is 1700. The highest BCUT2D eigenvalue weighted by Gasteiger charge is 2.43. The van der Waals surface area contributed by atoms with Crippen LogP contribution in [0.1, 0.15) is 59.4 Å². The summed E-state index contributed by atoms with van der Waals surface area (Å²) in [5.41, 5.74) is -0.176. The lowest BCUT2D eigenvalue weighted by atomic mass is 9.87. The highest BCUT2D eigenvalue weighted by Crippen LogP contribution is 2.39. The van der Waals surface area contributed by atoms with Crippen molar-refractivity contribution in [2.75, 3.05) is 11.9 Å². The SMILES string of the molecule is CC(C)OC(=O)[C@@H]1CC[C@@](CC#N)(n2nc(Nc3ccc4c(c3)CN(C(C)(C)C)S4(=O)=O)c3c(=O)[nH]ccc32)CO1. The van der Waals surface area contributed by atoms with Crippen molar-refractivity contribution >= 4 is 38.4 Å². The number of aromatic amines is 1. The number of aromatic nitrogens is 3. The van der Waals surface area contributed by atoms with E-state index < -0.39 is 33.2 Å². The summed E-state index contributed by atoms with van der Waals surface area (Å²) in [5.74, 6) is -0.188. The average molecular weight is 583 g/mol. The minimum absolute atomic E-state index is 0.0286. The molecule has 2 aliphatic rings. The Hall–Kier alpha value is -3.73. The molecular formula is C28H34N6O6S. The van der Waals surface area contributed by atoms with Crippen molar-refractivity contribution in [3.63, 3.8) is 0 Å². The van der Waals surface area contributed by atoms with Crippen LogP contribution in [0.4, 0.5) is 11.5 Å². The number of hydrogen-bond acceptors (Lipinski definition) is 9. The molecule has 5 rings (SSSR count). The molecule has 0 amide bonds. The standard InChI is InChI=1S/C28H34N6O6S/c1-17(2)40-26(36)21-8-10-28(11-12-29,16-39-21)34-20-9-13-30-25(35)23(20)24(32-34)31-19-6-7-22-18(14-19)15-33(27(3,4)5)41(22,37)38/h6-7,9,13-14,17,21H,8,10-11,15-16H2,1-5H3,(H,30,35)(H,31,32)/t21-,28-/m0/s1. The Morgan fingerprint density at radius 1 is 1.34 bits per heavy atom. The Labute approximate surface area is 238 Å². The van der Waals surface area contributed by atoms with Gasteiger partial charge in [0.15, 0.2) is 11.9 Å². The van der Waals surface area contributed by atoms with E-state index in [1.165, 1.54) is 10.5 Å². The van der Waals surface area contributed by atoms with E-state index in [4.69, 9.17) is 14.6 Å². The van der Waals surface area contributed by atoms with Gasteiger partial charge in [0.1, 0.15) is 5.39 Å². The summed E-state index contributed by atoms with van der Waals surface area (Å²) in [4.78, 5) is 28.4. The first kappa shape index (κ1) is 28.8. The van der Waals surface area contributed by atoms with Gasteiger partial charge in [0, 0.05) is 24.0 Å². The fourth-order valence-corrected chi connectivity index (χ4v) is 7.45. The van der Waals surface area contributed by atoms with E-state index in [-0.39, 0.29) is 47.3 Å². The predicted molar refractivity (Wildman–Crippen MR) is 151 cm³/mol. The summed E-state index contributed by atoms with van der Waals surface area (Å²) in [6.07, 6.45) is 1.26.